The van der Waals surface area contributed by atoms with Crippen LogP contribution in [0, 0.1) is 0 Å². The minimum Gasteiger partial charge on any atom is -0.480 e. The Labute approximate surface area is 107 Å². The molecule has 102 valence electrons. The van der Waals surface area contributed by atoms with Crippen LogP contribution < -0.4 is 5.32 Å². The number of nitrogens with zero attached hydrogens (tertiary/aromatic N) is 3. The smallest absolute Gasteiger partial charge is 0.323 e. The molecule has 0 radical (unpaired) electrons. The Morgan fingerprint density at radius 1 is 1.28 bits per heavy atom. The zero-order valence-electron chi connectivity index (χ0n) is 10.8. The molecule has 0 aromatic rings. The number of nitrogens with one attached hydrogen (secondary N) is 1. The molecule has 0 heterocycles. The average molecular weight is 254 g/mol. The summed E-state index contributed by atoms with van der Waals surface area (Å²) in [4.78, 5) is 14.2. The van der Waals surface area contributed by atoms with Gasteiger partial charge in [0.15, 0.2) is 0 Å². The molecule has 6 nitrogen and oxygen atoms in total. The molecule has 0 aliphatic heterocycles. The van der Waals surface area contributed by atoms with Crippen LogP contribution >= 0.6 is 0 Å². The van der Waals surface area contributed by atoms with E-state index < -0.39 is 11.5 Å². The first-order valence-corrected chi connectivity index (χ1v) is 6.70. The molecule has 0 unspecified atom stereocenters. The number of carboxylic acids is 1. The summed E-state index contributed by atoms with van der Waals surface area (Å²) in [6, 6.07) is 0. The molecule has 0 saturated heterocycles. The Morgan fingerprint density at radius 2 is 1.89 bits per heavy atom. The average Bonchev–Trinajstić information content (AvgIpc) is 2.31. The fourth-order valence-electron chi connectivity index (χ4n) is 2.50. The van der Waals surface area contributed by atoms with Crippen LogP contribution in [-0.2, 0) is 4.79 Å². The van der Waals surface area contributed by atoms with Crippen molar-refractivity contribution in [2.45, 2.75) is 56.9 Å². The van der Waals surface area contributed by atoms with Crippen LogP contribution in [0.4, 0.5) is 0 Å². The number of aliphatic carboxylic acids is 1. The SMILES string of the molecule is [N-]=[N+]=NCCCNC1(C(=O)O)CCCCCCC1. The van der Waals surface area contributed by atoms with Gasteiger partial charge in [-0.25, -0.2) is 0 Å². The zero-order valence-corrected chi connectivity index (χ0v) is 10.8. The second kappa shape index (κ2) is 7.95. The minimum absolute atomic E-state index is 0.416. The van der Waals surface area contributed by atoms with Gasteiger partial charge in [-0.2, -0.15) is 0 Å². The van der Waals surface area contributed by atoms with Gasteiger partial charge in [-0.15, -0.1) is 0 Å². The highest BCUT2D eigenvalue weighted by atomic mass is 16.4. The predicted octanol–water partition coefficient (Wildman–Crippen LogP) is 2.84. The van der Waals surface area contributed by atoms with E-state index in [1.54, 1.807) is 0 Å². The van der Waals surface area contributed by atoms with Gasteiger partial charge in [0.2, 0.25) is 0 Å². The van der Waals surface area contributed by atoms with Gasteiger partial charge in [0, 0.05) is 11.5 Å². The zero-order chi connectivity index (χ0) is 13.3. The fourth-order valence-corrected chi connectivity index (χ4v) is 2.50. The van der Waals surface area contributed by atoms with E-state index >= 15 is 0 Å². The number of carbonyl (C=O) groups is 1. The van der Waals surface area contributed by atoms with Gasteiger partial charge in [0.05, 0.1) is 0 Å². The maximum atomic E-state index is 11.5. The first kappa shape index (κ1) is 14.8. The van der Waals surface area contributed by atoms with Crippen LogP contribution in [0.25, 0.3) is 10.4 Å². The molecule has 1 aliphatic rings. The molecule has 1 aliphatic carbocycles. The highest BCUT2D eigenvalue weighted by Crippen LogP contribution is 2.26. The van der Waals surface area contributed by atoms with Gasteiger partial charge in [-0.05, 0) is 31.3 Å². The quantitative estimate of drug-likeness (QED) is 0.330. The number of hydrogen-bond donors (Lipinski definition) is 2. The molecular weight excluding hydrogens is 232 g/mol. The lowest BCUT2D eigenvalue weighted by Gasteiger charge is -2.32. The highest BCUT2D eigenvalue weighted by Gasteiger charge is 2.37. The number of hydrogen-bond acceptors (Lipinski definition) is 3. The highest BCUT2D eigenvalue weighted by molar-refractivity contribution is 5.78. The Hall–Kier alpha value is -1.26. The van der Waals surface area contributed by atoms with Crippen molar-refractivity contribution in [3.63, 3.8) is 0 Å². The van der Waals surface area contributed by atoms with Crippen molar-refractivity contribution < 1.29 is 9.90 Å². The molecule has 0 aromatic heterocycles. The van der Waals surface area contributed by atoms with Crippen molar-refractivity contribution in [1.82, 2.24) is 5.32 Å². The first-order chi connectivity index (χ1) is 8.71. The van der Waals surface area contributed by atoms with E-state index in [4.69, 9.17) is 5.53 Å². The first-order valence-electron chi connectivity index (χ1n) is 6.70. The third-order valence-electron chi connectivity index (χ3n) is 3.58. The Balaban J connectivity index is 2.49. The van der Waals surface area contributed by atoms with Gasteiger partial charge < -0.3 is 10.4 Å². The van der Waals surface area contributed by atoms with Crippen molar-refractivity contribution in [1.29, 1.82) is 0 Å². The molecule has 2 N–H and O–H groups in total. The summed E-state index contributed by atoms with van der Waals surface area (Å²) >= 11 is 0. The van der Waals surface area contributed by atoms with Gasteiger partial charge in [0.1, 0.15) is 5.54 Å². The summed E-state index contributed by atoms with van der Waals surface area (Å²) in [6.45, 7) is 1.00. The van der Waals surface area contributed by atoms with Crippen molar-refractivity contribution >= 4 is 5.97 Å². The summed E-state index contributed by atoms with van der Waals surface area (Å²) in [7, 11) is 0. The number of rotatable bonds is 6. The van der Waals surface area contributed by atoms with Gasteiger partial charge in [0.25, 0.3) is 0 Å². The monoisotopic (exact) mass is 254 g/mol. The van der Waals surface area contributed by atoms with Crippen LogP contribution in [0.1, 0.15) is 51.4 Å². The van der Waals surface area contributed by atoms with Crippen molar-refractivity contribution in [3.8, 4) is 0 Å². The van der Waals surface area contributed by atoms with Crippen LogP contribution in [0.5, 0.6) is 0 Å². The van der Waals surface area contributed by atoms with E-state index in [0.717, 1.165) is 25.7 Å². The lowest BCUT2D eigenvalue weighted by molar-refractivity contribution is -0.146. The standard InChI is InChI=1S/C12H22N4O2/c13-16-15-10-6-9-14-12(11(17)18)7-4-2-1-3-5-8-12/h14H,1-10H2,(H,17,18). The maximum Gasteiger partial charge on any atom is 0.323 e. The molecule has 1 fully saturated rings. The van der Waals surface area contributed by atoms with Crippen LogP contribution in [0.15, 0.2) is 5.11 Å². The molecule has 0 amide bonds. The number of azide groups is 1. The molecule has 0 spiro atoms. The van der Waals surface area contributed by atoms with Gasteiger partial charge >= 0.3 is 5.97 Å². The summed E-state index contributed by atoms with van der Waals surface area (Å²) in [5, 5.41) is 16.1. The van der Waals surface area contributed by atoms with Crippen molar-refractivity contribution in [2.75, 3.05) is 13.1 Å². The molecule has 0 atom stereocenters. The second-order valence-electron chi connectivity index (χ2n) is 4.89. The largest absolute Gasteiger partial charge is 0.480 e. The van der Waals surface area contributed by atoms with Crippen molar-refractivity contribution in [2.24, 2.45) is 5.11 Å². The van der Waals surface area contributed by atoms with E-state index in [1.807, 2.05) is 0 Å². The summed E-state index contributed by atoms with van der Waals surface area (Å²) < 4.78 is 0. The lowest BCUT2D eigenvalue weighted by atomic mass is 9.84. The lowest BCUT2D eigenvalue weighted by Crippen LogP contribution is -2.52. The van der Waals surface area contributed by atoms with Crippen LogP contribution in [0.2, 0.25) is 0 Å². The Bertz CT molecular complexity index is 305. The predicted molar refractivity (Wildman–Crippen MR) is 69.3 cm³/mol. The van der Waals surface area contributed by atoms with Crippen molar-refractivity contribution in [3.05, 3.63) is 10.4 Å². The second-order valence-corrected chi connectivity index (χ2v) is 4.89. The third kappa shape index (κ3) is 4.55. The third-order valence-corrected chi connectivity index (χ3v) is 3.58. The summed E-state index contributed by atoms with van der Waals surface area (Å²) in [5.74, 6) is -0.742. The van der Waals surface area contributed by atoms with E-state index in [0.29, 0.717) is 32.4 Å². The van der Waals surface area contributed by atoms with Crippen LogP contribution in [-0.4, -0.2) is 29.7 Å². The molecule has 18 heavy (non-hydrogen) atoms. The Morgan fingerprint density at radius 3 is 2.44 bits per heavy atom. The van der Waals surface area contributed by atoms with Crippen LogP contribution in [0.3, 0.4) is 0 Å². The summed E-state index contributed by atoms with van der Waals surface area (Å²) in [5.41, 5.74) is 7.40. The molecular formula is C12H22N4O2. The van der Waals surface area contributed by atoms with E-state index in [1.165, 1.54) is 6.42 Å². The molecule has 1 saturated carbocycles. The van der Waals surface area contributed by atoms with E-state index in [2.05, 4.69) is 15.3 Å². The van der Waals surface area contributed by atoms with E-state index in [-0.39, 0.29) is 0 Å². The van der Waals surface area contributed by atoms with Gasteiger partial charge in [-0.3, -0.25) is 4.79 Å². The maximum absolute atomic E-state index is 11.5. The topological polar surface area (TPSA) is 98.1 Å². The van der Waals surface area contributed by atoms with E-state index in [9.17, 15) is 9.90 Å². The molecule has 0 aromatic carbocycles. The Kier molecular flexibility index (Phi) is 6.54. The molecule has 0 bridgehead atoms. The normalized spacial score (nSPS) is 19.3. The fraction of sp³-hybridized carbons (Fsp3) is 0.917. The molecule has 1 rings (SSSR count). The molecule has 6 heteroatoms. The van der Waals surface area contributed by atoms with Gasteiger partial charge in [-0.1, -0.05) is 37.2 Å². The number of carboxylic acid groups (broad SMARTS) is 1. The minimum atomic E-state index is -0.767. The summed E-state index contributed by atoms with van der Waals surface area (Å²) in [6.07, 6.45) is 7.47.